The number of fused-ring (bicyclic) bond motifs is 3. The first-order valence-electron chi connectivity index (χ1n) is 11.4. The van der Waals surface area contributed by atoms with Gasteiger partial charge in [0, 0.05) is 24.3 Å². The maximum atomic E-state index is 5.61. The smallest absolute Gasteiger partial charge is 0.0731 e. The number of unbranched alkanes of at least 4 members (excludes halogenated alkanes) is 3. The molecule has 160 valence electrons. The van der Waals surface area contributed by atoms with Crippen LogP contribution in [0.5, 0.6) is 0 Å². The van der Waals surface area contributed by atoms with E-state index in [1.54, 1.807) is 0 Å². The molecular weight excluding hydrogens is 366 g/mol. The average Bonchev–Trinajstić information content (AvgIpc) is 3.00. The molecule has 30 heavy (non-hydrogen) atoms. The Morgan fingerprint density at radius 3 is 2.37 bits per heavy atom. The third-order valence-corrected chi connectivity index (χ3v) is 5.26. The highest BCUT2D eigenvalue weighted by Crippen LogP contribution is 2.38. The van der Waals surface area contributed by atoms with Gasteiger partial charge in [-0.25, -0.2) is 0 Å². The molecule has 0 radical (unpaired) electrons. The van der Waals surface area contributed by atoms with Gasteiger partial charge >= 0.3 is 0 Å². The van der Waals surface area contributed by atoms with Crippen molar-refractivity contribution in [2.75, 3.05) is 13.2 Å². The molecule has 0 bridgehead atoms. The van der Waals surface area contributed by atoms with E-state index in [1.807, 2.05) is 0 Å². The number of ether oxygens (including phenoxy) is 1. The predicted octanol–water partition coefficient (Wildman–Crippen LogP) is 7.55. The quantitative estimate of drug-likeness (QED) is 0.338. The topological polar surface area (TPSA) is 21.6 Å². The van der Waals surface area contributed by atoms with Gasteiger partial charge in [0.15, 0.2) is 0 Å². The molecule has 1 aliphatic rings. The van der Waals surface area contributed by atoms with Crippen LogP contribution in [-0.2, 0) is 4.74 Å². The van der Waals surface area contributed by atoms with E-state index in [9.17, 15) is 0 Å². The van der Waals surface area contributed by atoms with Gasteiger partial charge < -0.3 is 4.74 Å². The van der Waals surface area contributed by atoms with Crippen molar-refractivity contribution in [1.29, 1.82) is 0 Å². The van der Waals surface area contributed by atoms with Crippen molar-refractivity contribution in [1.82, 2.24) is 0 Å². The summed E-state index contributed by atoms with van der Waals surface area (Å²) < 4.78 is 5.61. The number of nitrogens with zero attached hydrogens (tertiary/aromatic N) is 1. The Kier molecular flexibility index (Phi) is 7.66. The zero-order valence-electron chi connectivity index (χ0n) is 19.4. The van der Waals surface area contributed by atoms with E-state index in [1.165, 1.54) is 40.7 Å². The number of rotatable bonds is 9. The second-order valence-electron chi connectivity index (χ2n) is 9.75. The minimum Gasteiger partial charge on any atom is -0.379 e. The minimum absolute atomic E-state index is 0.183. The van der Waals surface area contributed by atoms with E-state index in [2.05, 4.69) is 89.2 Å². The fourth-order valence-corrected chi connectivity index (χ4v) is 3.73. The third-order valence-electron chi connectivity index (χ3n) is 5.26. The lowest BCUT2D eigenvalue weighted by molar-refractivity contribution is 0.0758. The lowest BCUT2D eigenvalue weighted by Gasteiger charge is -2.15. The maximum absolute atomic E-state index is 5.61. The van der Waals surface area contributed by atoms with Crippen LogP contribution in [0.2, 0.25) is 0 Å². The van der Waals surface area contributed by atoms with Crippen LogP contribution in [0.25, 0.3) is 17.2 Å². The molecule has 0 spiro atoms. The van der Waals surface area contributed by atoms with E-state index >= 15 is 0 Å². The lowest BCUT2D eigenvalue weighted by atomic mass is 9.97. The molecule has 0 aliphatic heterocycles. The van der Waals surface area contributed by atoms with Gasteiger partial charge in [-0.1, -0.05) is 75.7 Å². The molecule has 0 unspecified atom stereocenters. The Morgan fingerprint density at radius 2 is 1.63 bits per heavy atom. The van der Waals surface area contributed by atoms with E-state index in [0.717, 1.165) is 31.7 Å². The molecule has 0 amide bonds. The SMILES string of the molecule is CC(C)OCCCCC/C=C/c1ccc2c(c1)/C(=N\CC(C)(C)C)c1ccccc1-2. The summed E-state index contributed by atoms with van der Waals surface area (Å²) in [7, 11) is 0. The molecule has 0 N–H and O–H groups in total. The average molecular weight is 404 g/mol. The second-order valence-corrected chi connectivity index (χ2v) is 9.75. The third kappa shape index (κ3) is 6.15. The molecule has 1 aliphatic carbocycles. The zero-order valence-corrected chi connectivity index (χ0v) is 19.4. The highest BCUT2D eigenvalue weighted by molar-refractivity contribution is 6.24. The fourth-order valence-electron chi connectivity index (χ4n) is 3.73. The lowest BCUT2D eigenvalue weighted by Crippen LogP contribution is -2.12. The van der Waals surface area contributed by atoms with Gasteiger partial charge in [-0.15, -0.1) is 0 Å². The summed E-state index contributed by atoms with van der Waals surface area (Å²) in [5.74, 6) is 0. The van der Waals surface area contributed by atoms with Gasteiger partial charge in [-0.05, 0) is 61.3 Å². The highest BCUT2D eigenvalue weighted by atomic mass is 16.5. The van der Waals surface area contributed by atoms with Crippen LogP contribution >= 0.6 is 0 Å². The predicted molar refractivity (Wildman–Crippen MR) is 130 cm³/mol. The van der Waals surface area contributed by atoms with Gasteiger partial charge in [0.25, 0.3) is 0 Å². The zero-order chi connectivity index (χ0) is 21.6. The van der Waals surface area contributed by atoms with Gasteiger partial charge in [0.1, 0.15) is 0 Å². The molecule has 0 saturated heterocycles. The van der Waals surface area contributed by atoms with Crippen molar-refractivity contribution < 1.29 is 4.74 Å². The molecule has 2 aromatic rings. The summed E-state index contributed by atoms with van der Waals surface area (Å²) in [5, 5.41) is 0. The Hall–Kier alpha value is -2.19. The van der Waals surface area contributed by atoms with E-state index in [4.69, 9.17) is 9.73 Å². The fraction of sp³-hybridized carbons (Fsp3) is 0.464. The van der Waals surface area contributed by atoms with Crippen LogP contribution in [0.4, 0.5) is 0 Å². The summed E-state index contributed by atoms with van der Waals surface area (Å²) in [6, 6.07) is 15.5. The van der Waals surface area contributed by atoms with Crippen molar-refractivity contribution in [3.05, 3.63) is 65.2 Å². The molecule has 0 heterocycles. The first-order valence-corrected chi connectivity index (χ1v) is 11.4. The van der Waals surface area contributed by atoms with Crippen LogP contribution in [0.3, 0.4) is 0 Å². The number of benzene rings is 2. The van der Waals surface area contributed by atoms with Gasteiger partial charge in [0.05, 0.1) is 11.8 Å². The molecule has 3 rings (SSSR count). The first kappa shape index (κ1) is 22.5. The highest BCUT2D eigenvalue weighted by Gasteiger charge is 2.25. The normalized spacial score (nSPS) is 14.7. The van der Waals surface area contributed by atoms with E-state index in [0.29, 0.717) is 6.10 Å². The number of allylic oxidation sites excluding steroid dienone is 1. The van der Waals surface area contributed by atoms with Gasteiger partial charge in [-0.2, -0.15) is 0 Å². The molecule has 2 heteroatoms. The van der Waals surface area contributed by atoms with Crippen molar-refractivity contribution >= 4 is 11.8 Å². The van der Waals surface area contributed by atoms with Crippen molar-refractivity contribution in [2.24, 2.45) is 10.4 Å². The molecule has 0 atom stereocenters. The summed E-state index contributed by atoms with van der Waals surface area (Å²) >= 11 is 0. The summed E-state index contributed by atoms with van der Waals surface area (Å²) in [6.07, 6.45) is 9.61. The van der Waals surface area contributed by atoms with Crippen LogP contribution in [0.15, 0.2) is 53.5 Å². The summed E-state index contributed by atoms with van der Waals surface area (Å²) in [4.78, 5) is 5.05. The monoisotopic (exact) mass is 403 g/mol. The van der Waals surface area contributed by atoms with E-state index in [-0.39, 0.29) is 5.41 Å². The molecular formula is C28H37NO. The summed E-state index contributed by atoms with van der Waals surface area (Å²) in [6.45, 7) is 12.6. The first-order chi connectivity index (χ1) is 14.3. The molecule has 0 fully saturated rings. The number of aliphatic imine (C=N–C) groups is 1. The van der Waals surface area contributed by atoms with E-state index < -0.39 is 0 Å². The second kappa shape index (κ2) is 10.2. The molecule has 0 saturated carbocycles. The van der Waals surface area contributed by atoms with Gasteiger partial charge in [-0.3, -0.25) is 4.99 Å². The van der Waals surface area contributed by atoms with Crippen LogP contribution in [0, 0.1) is 5.41 Å². The Labute approximate surface area is 183 Å². The Balaban J connectivity index is 1.68. The van der Waals surface area contributed by atoms with Crippen molar-refractivity contribution in [3.8, 4) is 11.1 Å². The Bertz CT molecular complexity index is 899. The van der Waals surface area contributed by atoms with Crippen LogP contribution < -0.4 is 0 Å². The molecule has 2 nitrogen and oxygen atoms in total. The Morgan fingerprint density at radius 1 is 0.900 bits per heavy atom. The van der Waals surface area contributed by atoms with Crippen LogP contribution in [0.1, 0.15) is 77.0 Å². The van der Waals surface area contributed by atoms with Gasteiger partial charge in [0.2, 0.25) is 0 Å². The number of hydrogen-bond donors (Lipinski definition) is 0. The standard InChI is InChI=1S/C28H37NO/c1-21(2)30-18-12-8-6-7-9-13-22-16-17-24-23-14-10-11-15-25(23)27(26(24)19-22)29-20-28(3,4)5/h9-11,13-17,19,21H,6-8,12,18,20H2,1-5H3/b13-9+,29-27-. The van der Waals surface area contributed by atoms with Crippen LogP contribution in [-0.4, -0.2) is 25.0 Å². The number of hydrogen-bond acceptors (Lipinski definition) is 2. The van der Waals surface area contributed by atoms with Crippen molar-refractivity contribution in [3.63, 3.8) is 0 Å². The molecule has 2 aromatic carbocycles. The summed E-state index contributed by atoms with van der Waals surface area (Å²) in [5.41, 5.74) is 7.74. The van der Waals surface area contributed by atoms with Crippen molar-refractivity contribution in [2.45, 2.75) is 66.4 Å². The minimum atomic E-state index is 0.183. The maximum Gasteiger partial charge on any atom is 0.0731 e. The molecule has 0 aromatic heterocycles. The largest absolute Gasteiger partial charge is 0.379 e.